The van der Waals surface area contributed by atoms with Gasteiger partial charge in [0.15, 0.2) is 5.82 Å². The summed E-state index contributed by atoms with van der Waals surface area (Å²) in [5, 5.41) is 4.20. The predicted octanol–water partition coefficient (Wildman–Crippen LogP) is 3.43. The summed E-state index contributed by atoms with van der Waals surface area (Å²) in [6, 6.07) is 8.65. The van der Waals surface area contributed by atoms with Crippen molar-refractivity contribution in [2.24, 2.45) is 0 Å². The summed E-state index contributed by atoms with van der Waals surface area (Å²) in [7, 11) is 0. The third-order valence-electron chi connectivity index (χ3n) is 4.75. The number of rotatable bonds is 3. The number of benzene rings is 1. The zero-order chi connectivity index (χ0) is 15.2. The van der Waals surface area contributed by atoms with Gasteiger partial charge in [0.1, 0.15) is 0 Å². The lowest BCUT2D eigenvalue weighted by Crippen LogP contribution is -2.36. The van der Waals surface area contributed by atoms with Gasteiger partial charge in [-0.2, -0.15) is 4.98 Å². The number of anilines is 1. The molecule has 0 bridgehead atoms. The molecule has 1 aliphatic carbocycles. The predicted molar refractivity (Wildman–Crippen MR) is 84.7 cm³/mol. The van der Waals surface area contributed by atoms with Gasteiger partial charge in [-0.05, 0) is 37.0 Å². The molecule has 1 saturated heterocycles. The average Bonchev–Trinajstić information content (AvgIpc) is 3.09. The summed E-state index contributed by atoms with van der Waals surface area (Å²) in [5.74, 6) is 0.775. The molecule has 0 N–H and O–H groups in total. The number of hydrogen-bond donors (Lipinski definition) is 0. The van der Waals surface area contributed by atoms with Crippen LogP contribution in [-0.2, 0) is 10.2 Å². The first-order chi connectivity index (χ1) is 10.7. The summed E-state index contributed by atoms with van der Waals surface area (Å²) >= 11 is 3.47. The summed E-state index contributed by atoms with van der Waals surface area (Å²) in [5.41, 5.74) is 1.05. The number of hydrogen-bond acceptors (Lipinski definition) is 4. The molecule has 0 radical (unpaired) electrons. The van der Waals surface area contributed by atoms with Crippen LogP contribution in [0.5, 0.6) is 0 Å². The van der Waals surface area contributed by atoms with Gasteiger partial charge < -0.3 is 4.52 Å². The molecule has 1 amide bonds. The number of halogens is 1. The van der Waals surface area contributed by atoms with Crippen LogP contribution >= 0.6 is 15.9 Å². The second-order valence-electron chi connectivity index (χ2n) is 5.99. The van der Waals surface area contributed by atoms with Crippen LogP contribution in [0, 0.1) is 0 Å². The van der Waals surface area contributed by atoms with Gasteiger partial charge in [-0.25, -0.2) is 0 Å². The first-order valence-electron chi connectivity index (χ1n) is 7.60. The number of nitrogens with zero attached hydrogens (tertiary/aromatic N) is 3. The van der Waals surface area contributed by atoms with Crippen molar-refractivity contribution in [3.05, 3.63) is 40.1 Å². The van der Waals surface area contributed by atoms with Gasteiger partial charge >= 0.3 is 6.01 Å². The van der Waals surface area contributed by atoms with Gasteiger partial charge in [-0.1, -0.05) is 39.6 Å². The average molecular weight is 362 g/mol. The molecule has 2 aliphatic rings. The minimum atomic E-state index is -0.161. The molecule has 2 fully saturated rings. The molecule has 2 heterocycles. The Kier molecular flexibility index (Phi) is 3.29. The first-order valence-corrected chi connectivity index (χ1v) is 8.39. The number of amides is 1. The fourth-order valence-electron chi connectivity index (χ4n) is 3.31. The van der Waals surface area contributed by atoms with E-state index >= 15 is 0 Å². The number of carbonyl (C=O) groups excluding carboxylic acids is 1. The van der Waals surface area contributed by atoms with E-state index in [-0.39, 0.29) is 11.3 Å². The Bertz CT molecular complexity index is 706. The molecule has 1 saturated carbocycles. The molecule has 6 heteroatoms. The van der Waals surface area contributed by atoms with Crippen molar-refractivity contribution in [2.45, 2.75) is 37.5 Å². The fraction of sp³-hybridized carbons (Fsp3) is 0.438. The Hall–Kier alpha value is -1.69. The van der Waals surface area contributed by atoms with Crippen molar-refractivity contribution in [1.29, 1.82) is 0 Å². The van der Waals surface area contributed by atoms with Crippen molar-refractivity contribution in [3.8, 4) is 0 Å². The topological polar surface area (TPSA) is 59.2 Å². The van der Waals surface area contributed by atoms with E-state index in [1.807, 2.05) is 12.1 Å². The van der Waals surface area contributed by atoms with Crippen LogP contribution in [0.2, 0.25) is 0 Å². The zero-order valence-electron chi connectivity index (χ0n) is 12.1. The van der Waals surface area contributed by atoms with Crippen LogP contribution < -0.4 is 4.90 Å². The molecule has 114 valence electrons. The van der Waals surface area contributed by atoms with Crippen LogP contribution in [0.3, 0.4) is 0 Å². The van der Waals surface area contributed by atoms with Gasteiger partial charge in [-0.15, -0.1) is 0 Å². The lowest BCUT2D eigenvalue weighted by molar-refractivity contribution is -0.117. The lowest BCUT2D eigenvalue weighted by atomic mass is 9.64. The van der Waals surface area contributed by atoms with Gasteiger partial charge in [0, 0.05) is 17.4 Å². The summed E-state index contributed by atoms with van der Waals surface area (Å²) in [4.78, 5) is 18.0. The zero-order valence-corrected chi connectivity index (χ0v) is 13.7. The molecule has 0 spiro atoms. The highest BCUT2D eigenvalue weighted by Crippen LogP contribution is 2.48. The third kappa shape index (κ3) is 2.08. The van der Waals surface area contributed by atoms with Gasteiger partial charge in [0.2, 0.25) is 5.91 Å². The highest BCUT2D eigenvalue weighted by molar-refractivity contribution is 9.10. The van der Waals surface area contributed by atoms with Crippen molar-refractivity contribution < 1.29 is 9.32 Å². The Morgan fingerprint density at radius 3 is 2.55 bits per heavy atom. The molecule has 1 aromatic carbocycles. The van der Waals surface area contributed by atoms with E-state index in [0.29, 0.717) is 24.8 Å². The maximum atomic E-state index is 11.8. The van der Waals surface area contributed by atoms with Crippen LogP contribution in [0.1, 0.15) is 43.5 Å². The van der Waals surface area contributed by atoms with Crippen LogP contribution in [0.25, 0.3) is 0 Å². The summed E-state index contributed by atoms with van der Waals surface area (Å²) in [6.07, 6.45) is 4.61. The molecule has 4 rings (SSSR count). The Morgan fingerprint density at radius 2 is 1.95 bits per heavy atom. The Morgan fingerprint density at radius 1 is 1.18 bits per heavy atom. The molecule has 22 heavy (non-hydrogen) atoms. The monoisotopic (exact) mass is 361 g/mol. The van der Waals surface area contributed by atoms with Gasteiger partial charge in [-0.3, -0.25) is 9.69 Å². The van der Waals surface area contributed by atoms with E-state index in [1.54, 1.807) is 4.90 Å². The molecular weight excluding hydrogens is 346 g/mol. The minimum Gasteiger partial charge on any atom is -0.315 e. The highest BCUT2D eigenvalue weighted by atomic mass is 79.9. The summed E-state index contributed by atoms with van der Waals surface area (Å²) < 4.78 is 6.44. The third-order valence-corrected chi connectivity index (χ3v) is 5.28. The minimum absolute atomic E-state index is 0.0708. The molecule has 5 nitrogen and oxygen atoms in total. The van der Waals surface area contributed by atoms with Crippen molar-refractivity contribution in [1.82, 2.24) is 10.1 Å². The second-order valence-corrected chi connectivity index (χ2v) is 6.91. The molecule has 0 atom stereocenters. The van der Waals surface area contributed by atoms with E-state index < -0.39 is 0 Å². The molecule has 1 aliphatic heterocycles. The SMILES string of the molecule is O=C1CCCN1c1nc(C2(c3ccc(Br)cc3)CCC2)no1. The number of carbonyl (C=O) groups is 1. The van der Waals surface area contributed by atoms with Crippen LogP contribution in [-0.4, -0.2) is 22.6 Å². The largest absolute Gasteiger partial charge is 0.330 e. The van der Waals surface area contributed by atoms with E-state index in [0.717, 1.165) is 30.2 Å². The van der Waals surface area contributed by atoms with Gasteiger partial charge in [0.05, 0.1) is 5.41 Å². The van der Waals surface area contributed by atoms with E-state index in [9.17, 15) is 4.79 Å². The molecule has 1 aromatic heterocycles. The number of aromatic nitrogens is 2. The maximum Gasteiger partial charge on any atom is 0.330 e. The molecule has 2 aromatic rings. The van der Waals surface area contributed by atoms with E-state index in [4.69, 9.17) is 4.52 Å². The lowest BCUT2D eigenvalue weighted by Gasteiger charge is -2.39. The van der Waals surface area contributed by atoms with Crippen molar-refractivity contribution in [3.63, 3.8) is 0 Å². The van der Waals surface area contributed by atoms with E-state index in [2.05, 4.69) is 38.2 Å². The Labute approximate surface area is 136 Å². The van der Waals surface area contributed by atoms with E-state index in [1.165, 1.54) is 5.56 Å². The first kappa shape index (κ1) is 13.9. The smallest absolute Gasteiger partial charge is 0.315 e. The molecular formula is C16H16BrN3O2. The van der Waals surface area contributed by atoms with Gasteiger partial charge in [0.25, 0.3) is 0 Å². The second kappa shape index (κ2) is 5.19. The van der Waals surface area contributed by atoms with Crippen molar-refractivity contribution in [2.75, 3.05) is 11.4 Å². The quantitative estimate of drug-likeness (QED) is 0.840. The normalized spacial score (nSPS) is 20.2. The standard InChI is InChI=1S/C16H16BrN3O2/c17-12-6-4-11(5-7-12)16(8-2-9-16)14-18-15(22-19-14)20-10-1-3-13(20)21/h4-7H,1-3,8-10H2. The van der Waals surface area contributed by atoms with Crippen molar-refractivity contribution >= 4 is 27.9 Å². The maximum absolute atomic E-state index is 11.8. The van der Waals surface area contributed by atoms with Crippen LogP contribution in [0.4, 0.5) is 6.01 Å². The van der Waals surface area contributed by atoms with Crippen LogP contribution in [0.15, 0.2) is 33.3 Å². The Balaban J connectivity index is 1.69. The fourth-order valence-corrected chi connectivity index (χ4v) is 3.57. The summed E-state index contributed by atoms with van der Waals surface area (Å²) in [6.45, 7) is 0.672. The molecule has 0 unspecified atom stereocenters. The highest BCUT2D eigenvalue weighted by Gasteiger charge is 2.45.